The molecule has 2 aromatic carbocycles. The Morgan fingerprint density at radius 1 is 1.16 bits per heavy atom. The van der Waals surface area contributed by atoms with Crippen molar-refractivity contribution in [2.24, 2.45) is 5.92 Å². The molecule has 0 N–H and O–H groups in total. The van der Waals surface area contributed by atoms with E-state index in [0.29, 0.717) is 23.1 Å². The van der Waals surface area contributed by atoms with Gasteiger partial charge in [-0.3, -0.25) is 9.00 Å². The van der Waals surface area contributed by atoms with E-state index in [1.165, 1.54) is 13.2 Å². The number of methoxy groups -OCH3 is 1. The average molecular weight is 437 g/mol. The fourth-order valence-electron chi connectivity index (χ4n) is 4.14. The minimum Gasteiger partial charge on any atom is -0.768 e. The van der Waals surface area contributed by atoms with Crippen LogP contribution in [0.15, 0.2) is 40.8 Å². The largest absolute Gasteiger partial charge is 0.768 e. The standard InChI is InChI=1S/C21H17NO4S.C4H10/c1-21(2)15-9-17(26-3)18(27(24)25)8-14(15)20(23)19-13-5-4-11(10-22)6-12(13)7-16(19)21;1-4(2)3/h4-6,8-9H,7H2,1-3H3,(H,24,25);4H,1-3H3/p-1. The van der Waals surface area contributed by atoms with Crippen LogP contribution < -0.4 is 4.74 Å². The maximum atomic E-state index is 13.3. The zero-order valence-electron chi connectivity index (χ0n) is 18.7. The van der Waals surface area contributed by atoms with E-state index < -0.39 is 16.5 Å². The zero-order chi connectivity index (χ0) is 23.1. The van der Waals surface area contributed by atoms with Crippen LogP contribution in [-0.2, 0) is 22.9 Å². The lowest BCUT2D eigenvalue weighted by molar-refractivity contribution is 0.105. The molecule has 0 aliphatic heterocycles. The van der Waals surface area contributed by atoms with Gasteiger partial charge in [-0.2, -0.15) is 5.26 Å². The second-order valence-corrected chi connectivity index (χ2v) is 9.89. The summed E-state index contributed by atoms with van der Waals surface area (Å²) >= 11 is -2.51. The second kappa shape index (κ2) is 8.41. The first-order chi connectivity index (χ1) is 14.5. The van der Waals surface area contributed by atoms with Crippen molar-refractivity contribution >= 4 is 22.4 Å². The molecule has 0 saturated carbocycles. The molecule has 1 atom stereocenters. The fraction of sp³-hybridized carbons (Fsp3) is 0.360. The second-order valence-electron chi connectivity index (χ2n) is 8.98. The molecule has 0 heterocycles. The highest BCUT2D eigenvalue weighted by Gasteiger charge is 2.43. The number of hydrogen-bond acceptors (Lipinski definition) is 5. The molecule has 0 amide bonds. The molecule has 2 aliphatic rings. The van der Waals surface area contributed by atoms with Crippen molar-refractivity contribution in [3.8, 4) is 11.8 Å². The summed E-state index contributed by atoms with van der Waals surface area (Å²) in [6.07, 6.45) is 0.593. The molecule has 0 radical (unpaired) electrons. The monoisotopic (exact) mass is 436 g/mol. The third-order valence-electron chi connectivity index (χ3n) is 5.56. The van der Waals surface area contributed by atoms with Crippen molar-refractivity contribution in [1.82, 2.24) is 0 Å². The highest BCUT2D eigenvalue weighted by molar-refractivity contribution is 7.79. The van der Waals surface area contributed by atoms with Crippen LogP contribution >= 0.6 is 0 Å². The van der Waals surface area contributed by atoms with Gasteiger partial charge >= 0.3 is 0 Å². The van der Waals surface area contributed by atoms with E-state index in [1.54, 1.807) is 12.1 Å². The number of carbonyl (C=O) groups excluding carboxylic acids is 1. The maximum Gasteiger partial charge on any atom is 0.193 e. The molecule has 0 fully saturated rings. The normalized spacial score (nSPS) is 16.5. The SMILES string of the molecule is CC(C)C.COc1cc2c(cc1S(=O)[O-])C(=O)C1=C(Cc3cc(C#N)ccc31)C2(C)C. The third kappa shape index (κ3) is 3.96. The summed E-state index contributed by atoms with van der Waals surface area (Å²) in [5.74, 6) is 0.881. The lowest BCUT2D eigenvalue weighted by atomic mass is 9.68. The summed E-state index contributed by atoms with van der Waals surface area (Å²) in [6.45, 7) is 10.6. The van der Waals surface area contributed by atoms with Gasteiger partial charge < -0.3 is 9.29 Å². The van der Waals surface area contributed by atoms with Crippen LogP contribution in [0.1, 0.15) is 67.2 Å². The Morgan fingerprint density at radius 3 is 2.35 bits per heavy atom. The van der Waals surface area contributed by atoms with Crippen molar-refractivity contribution in [2.45, 2.75) is 51.3 Å². The van der Waals surface area contributed by atoms with Gasteiger partial charge in [0.1, 0.15) is 5.75 Å². The van der Waals surface area contributed by atoms with Crippen LogP contribution in [0.2, 0.25) is 0 Å². The first kappa shape index (κ1) is 22.9. The molecule has 1 unspecified atom stereocenters. The number of carbonyl (C=O) groups is 1. The molecular formula is C25H26NO4S-. The van der Waals surface area contributed by atoms with Crippen LogP contribution in [0, 0.1) is 17.2 Å². The molecule has 4 rings (SSSR count). The van der Waals surface area contributed by atoms with Crippen LogP contribution in [0.3, 0.4) is 0 Å². The topological polar surface area (TPSA) is 90.2 Å². The van der Waals surface area contributed by atoms with Gasteiger partial charge in [0.15, 0.2) is 5.78 Å². The first-order valence-corrected chi connectivity index (χ1v) is 11.2. The van der Waals surface area contributed by atoms with Gasteiger partial charge in [-0.1, -0.05) is 40.7 Å². The van der Waals surface area contributed by atoms with Crippen LogP contribution in [0.4, 0.5) is 0 Å². The number of allylic oxidation sites excluding steroid dienone is 2. The smallest absolute Gasteiger partial charge is 0.193 e. The number of benzene rings is 2. The van der Waals surface area contributed by atoms with Gasteiger partial charge in [0, 0.05) is 16.6 Å². The first-order valence-electron chi connectivity index (χ1n) is 10.2. The maximum absolute atomic E-state index is 13.3. The lowest BCUT2D eigenvalue weighted by Crippen LogP contribution is -2.30. The van der Waals surface area contributed by atoms with E-state index in [1.807, 2.05) is 26.0 Å². The number of hydrogen-bond donors (Lipinski definition) is 0. The molecule has 0 saturated heterocycles. The van der Waals surface area contributed by atoms with Crippen molar-refractivity contribution in [3.63, 3.8) is 0 Å². The quantitative estimate of drug-likeness (QED) is 0.621. The zero-order valence-corrected chi connectivity index (χ0v) is 19.5. The van der Waals surface area contributed by atoms with Crippen molar-refractivity contribution in [1.29, 1.82) is 5.26 Å². The number of fused-ring (bicyclic) bond motifs is 3. The Kier molecular flexibility index (Phi) is 6.22. The average Bonchev–Trinajstić information content (AvgIpc) is 3.10. The van der Waals surface area contributed by atoms with Crippen molar-refractivity contribution in [2.75, 3.05) is 7.11 Å². The minimum atomic E-state index is -2.51. The van der Waals surface area contributed by atoms with Crippen LogP contribution in [0.5, 0.6) is 5.75 Å². The molecule has 0 aromatic heterocycles. The van der Waals surface area contributed by atoms with E-state index in [2.05, 4.69) is 26.8 Å². The van der Waals surface area contributed by atoms with Crippen molar-refractivity contribution < 1.29 is 18.3 Å². The summed E-state index contributed by atoms with van der Waals surface area (Å²) < 4.78 is 28.4. The predicted molar refractivity (Wildman–Crippen MR) is 120 cm³/mol. The Balaban J connectivity index is 0.000000628. The molecule has 6 heteroatoms. The number of rotatable bonds is 2. The number of ether oxygens (including phenoxy) is 1. The number of nitriles is 1. The summed E-state index contributed by atoms with van der Waals surface area (Å²) in [5.41, 5.74) is 4.62. The van der Waals surface area contributed by atoms with Crippen LogP contribution in [0.25, 0.3) is 5.57 Å². The Labute approximate surface area is 186 Å². The van der Waals surface area contributed by atoms with Gasteiger partial charge in [0.2, 0.25) is 0 Å². The summed E-state index contributed by atoms with van der Waals surface area (Å²) in [7, 11) is 1.41. The van der Waals surface area contributed by atoms with E-state index in [9.17, 15) is 13.6 Å². The van der Waals surface area contributed by atoms with Gasteiger partial charge in [-0.05, 0) is 69.9 Å². The molecule has 2 aromatic rings. The van der Waals surface area contributed by atoms with E-state index >= 15 is 0 Å². The third-order valence-corrected chi connectivity index (χ3v) is 6.23. The summed E-state index contributed by atoms with van der Waals surface area (Å²) in [6, 6.07) is 10.5. The van der Waals surface area contributed by atoms with E-state index in [0.717, 1.165) is 28.2 Å². The fourth-order valence-corrected chi connectivity index (χ4v) is 4.66. The molecule has 31 heavy (non-hydrogen) atoms. The Hall–Kier alpha value is -2.75. The number of Topliss-reactive ketones (excluding diaryl/α,β-unsaturated/α-hetero) is 1. The molecular weight excluding hydrogens is 410 g/mol. The van der Waals surface area contributed by atoms with Gasteiger partial charge in [0.25, 0.3) is 0 Å². The Morgan fingerprint density at radius 2 is 1.81 bits per heavy atom. The summed E-state index contributed by atoms with van der Waals surface area (Å²) in [5, 5.41) is 9.16. The van der Waals surface area contributed by atoms with Crippen LogP contribution in [-0.4, -0.2) is 21.7 Å². The van der Waals surface area contributed by atoms with Gasteiger partial charge in [0.05, 0.1) is 23.6 Å². The highest BCUT2D eigenvalue weighted by atomic mass is 32.2. The molecule has 162 valence electrons. The van der Waals surface area contributed by atoms with E-state index in [4.69, 9.17) is 10.00 Å². The lowest BCUT2D eigenvalue weighted by Gasteiger charge is -2.35. The molecule has 0 spiro atoms. The Bertz CT molecular complexity index is 1170. The molecule has 0 bridgehead atoms. The highest BCUT2D eigenvalue weighted by Crippen LogP contribution is 2.51. The van der Waals surface area contributed by atoms with Gasteiger partial charge in [-0.15, -0.1) is 0 Å². The summed E-state index contributed by atoms with van der Waals surface area (Å²) in [4.78, 5) is 13.3. The number of ketones is 1. The van der Waals surface area contributed by atoms with E-state index in [-0.39, 0.29) is 16.4 Å². The predicted octanol–water partition coefficient (Wildman–Crippen LogP) is 4.95. The number of nitrogens with zero attached hydrogens (tertiary/aromatic N) is 1. The molecule has 2 aliphatic carbocycles. The minimum absolute atomic E-state index is 0.0255. The van der Waals surface area contributed by atoms with Crippen molar-refractivity contribution in [3.05, 3.63) is 63.7 Å². The molecule has 5 nitrogen and oxygen atoms in total. The van der Waals surface area contributed by atoms with Gasteiger partial charge in [-0.25, -0.2) is 0 Å².